The van der Waals surface area contributed by atoms with E-state index in [0.717, 1.165) is 41.8 Å². The minimum Gasteiger partial charge on any atom is -0.494 e. The first-order chi connectivity index (χ1) is 15.8. The van der Waals surface area contributed by atoms with Gasteiger partial charge in [-0.15, -0.1) is 0 Å². The summed E-state index contributed by atoms with van der Waals surface area (Å²) in [6, 6.07) is 13.6. The number of hydrogen-bond acceptors (Lipinski definition) is 4. The third-order valence-corrected chi connectivity index (χ3v) is 8.92. The number of carbonyl (C=O) groups excluding carboxylic acids is 1. The fourth-order valence-corrected chi connectivity index (χ4v) is 6.81. The lowest BCUT2D eigenvalue weighted by atomic mass is 9.95. The Balaban J connectivity index is 1.41. The smallest absolute Gasteiger partial charge is 0.243 e. The summed E-state index contributed by atoms with van der Waals surface area (Å²) in [5.41, 5.74) is 2.95. The number of piperidine rings is 1. The average Bonchev–Trinajstić information content (AvgIpc) is 3.29. The van der Waals surface area contributed by atoms with E-state index >= 15 is 0 Å². The molecule has 1 amide bonds. The highest BCUT2D eigenvalue weighted by atomic mass is 32.2. The van der Waals surface area contributed by atoms with Crippen molar-refractivity contribution >= 4 is 15.9 Å². The van der Waals surface area contributed by atoms with Gasteiger partial charge in [-0.25, -0.2) is 8.42 Å². The number of ether oxygens (including phenoxy) is 1. The van der Waals surface area contributed by atoms with Crippen LogP contribution >= 0.6 is 0 Å². The third kappa shape index (κ3) is 4.94. The lowest BCUT2D eigenvalue weighted by Gasteiger charge is -2.34. The molecule has 1 atom stereocenters. The number of benzene rings is 2. The number of hydrogen-bond donors (Lipinski definition) is 0. The van der Waals surface area contributed by atoms with Crippen molar-refractivity contribution in [2.45, 2.75) is 57.4 Å². The topological polar surface area (TPSA) is 66.9 Å². The number of carbonyl (C=O) groups is 1. The van der Waals surface area contributed by atoms with E-state index in [2.05, 4.69) is 12.1 Å². The zero-order chi connectivity index (χ0) is 23.6. The quantitative estimate of drug-likeness (QED) is 0.625. The van der Waals surface area contributed by atoms with Gasteiger partial charge in [0.1, 0.15) is 5.75 Å². The van der Waals surface area contributed by atoms with Gasteiger partial charge >= 0.3 is 0 Å². The second kappa shape index (κ2) is 9.85. The van der Waals surface area contributed by atoms with Gasteiger partial charge in [0.25, 0.3) is 0 Å². The van der Waals surface area contributed by atoms with Gasteiger partial charge in [-0.05, 0) is 75.8 Å². The third-order valence-electron chi connectivity index (χ3n) is 6.86. The van der Waals surface area contributed by atoms with E-state index in [9.17, 15) is 13.2 Å². The van der Waals surface area contributed by atoms with Crippen molar-refractivity contribution in [1.29, 1.82) is 0 Å². The van der Waals surface area contributed by atoms with E-state index < -0.39 is 10.0 Å². The molecule has 2 heterocycles. The van der Waals surface area contributed by atoms with E-state index in [1.807, 2.05) is 49.9 Å². The number of aryl methyl sites for hydroxylation is 2. The van der Waals surface area contributed by atoms with Gasteiger partial charge < -0.3 is 9.64 Å². The molecular weight excluding hydrogens is 436 g/mol. The highest BCUT2D eigenvalue weighted by molar-refractivity contribution is 7.89. The largest absolute Gasteiger partial charge is 0.494 e. The van der Waals surface area contributed by atoms with Crippen molar-refractivity contribution in [1.82, 2.24) is 9.21 Å². The highest BCUT2D eigenvalue weighted by Gasteiger charge is 2.38. The number of nitrogens with zero attached hydrogens (tertiary/aromatic N) is 2. The summed E-state index contributed by atoms with van der Waals surface area (Å²) in [5, 5.41) is 0. The van der Waals surface area contributed by atoms with Crippen molar-refractivity contribution in [3.05, 3.63) is 59.2 Å². The van der Waals surface area contributed by atoms with Crippen LogP contribution in [-0.4, -0.2) is 49.8 Å². The fourth-order valence-electron chi connectivity index (χ4n) is 5.14. The molecule has 178 valence electrons. The molecule has 7 heteroatoms. The summed E-state index contributed by atoms with van der Waals surface area (Å²) in [7, 11) is -3.54. The van der Waals surface area contributed by atoms with Crippen molar-refractivity contribution in [3.8, 4) is 5.75 Å². The first-order valence-corrected chi connectivity index (χ1v) is 13.4. The number of rotatable bonds is 6. The molecular formula is C26H34N2O4S. The van der Waals surface area contributed by atoms with E-state index in [4.69, 9.17) is 4.74 Å². The molecule has 2 saturated heterocycles. The highest BCUT2D eigenvalue weighted by Crippen LogP contribution is 2.36. The number of amides is 1. The molecule has 2 aromatic carbocycles. The van der Waals surface area contributed by atoms with Gasteiger partial charge in [0, 0.05) is 25.6 Å². The van der Waals surface area contributed by atoms with Crippen LogP contribution in [0.15, 0.2) is 47.4 Å². The van der Waals surface area contributed by atoms with Gasteiger partial charge in [0.05, 0.1) is 17.5 Å². The minimum absolute atomic E-state index is 0.0881. The Kier molecular flexibility index (Phi) is 7.10. The Hall–Kier alpha value is -2.38. The number of sulfonamides is 1. The Morgan fingerprint density at radius 1 is 1.00 bits per heavy atom. The molecule has 33 heavy (non-hydrogen) atoms. The van der Waals surface area contributed by atoms with Crippen LogP contribution in [0.4, 0.5) is 0 Å². The maximum Gasteiger partial charge on any atom is 0.243 e. The SMILES string of the molecule is CCOc1ccc(C2CCCN2C(=O)C2CCN(S(=O)(=O)c3ccc(C)cc3C)CC2)cc1. The molecule has 0 saturated carbocycles. The summed E-state index contributed by atoms with van der Waals surface area (Å²) in [4.78, 5) is 15.8. The minimum atomic E-state index is -3.54. The predicted octanol–water partition coefficient (Wildman–Crippen LogP) is 4.47. The second-order valence-corrected chi connectivity index (χ2v) is 11.0. The Labute approximate surface area is 197 Å². The first-order valence-electron chi connectivity index (χ1n) is 11.9. The monoisotopic (exact) mass is 470 g/mol. The van der Waals surface area contributed by atoms with Crippen LogP contribution < -0.4 is 4.74 Å². The van der Waals surface area contributed by atoms with Crippen LogP contribution in [0.3, 0.4) is 0 Å². The zero-order valence-electron chi connectivity index (χ0n) is 19.8. The fraction of sp³-hybridized carbons (Fsp3) is 0.500. The second-order valence-electron chi connectivity index (χ2n) is 9.14. The van der Waals surface area contributed by atoms with E-state index in [-0.39, 0.29) is 17.9 Å². The zero-order valence-corrected chi connectivity index (χ0v) is 20.6. The molecule has 6 nitrogen and oxygen atoms in total. The van der Waals surface area contributed by atoms with E-state index in [1.54, 1.807) is 10.4 Å². The van der Waals surface area contributed by atoms with Crippen molar-refractivity contribution in [3.63, 3.8) is 0 Å². The molecule has 0 N–H and O–H groups in total. The summed E-state index contributed by atoms with van der Waals surface area (Å²) in [6.45, 7) is 7.91. The van der Waals surface area contributed by atoms with Crippen LogP contribution in [-0.2, 0) is 14.8 Å². The van der Waals surface area contributed by atoms with Gasteiger partial charge in [0.2, 0.25) is 15.9 Å². The van der Waals surface area contributed by atoms with E-state index in [1.165, 1.54) is 0 Å². The summed E-state index contributed by atoms with van der Waals surface area (Å²) < 4.78 is 33.5. The lowest BCUT2D eigenvalue weighted by Crippen LogP contribution is -2.44. The molecule has 2 aliphatic rings. The lowest BCUT2D eigenvalue weighted by molar-refractivity contribution is -0.137. The molecule has 2 aromatic rings. The van der Waals surface area contributed by atoms with E-state index in [0.29, 0.717) is 37.4 Å². The molecule has 0 bridgehead atoms. The number of likely N-dealkylation sites (tertiary alicyclic amines) is 1. The Morgan fingerprint density at radius 3 is 2.33 bits per heavy atom. The van der Waals surface area contributed by atoms with Gasteiger partial charge in [0.15, 0.2) is 0 Å². The van der Waals surface area contributed by atoms with Crippen LogP contribution in [0.2, 0.25) is 0 Å². The van der Waals surface area contributed by atoms with Gasteiger partial charge in [-0.2, -0.15) is 4.31 Å². The molecule has 0 spiro atoms. The molecule has 4 rings (SSSR count). The molecule has 0 aromatic heterocycles. The normalized spacial score (nSPS) is 20.2. The summed E-state index contributed by atoms with van der Waals surface area (Å²) in [5.74, 6) is 0.878. The standard InChI is InChI=1S/C26H34N2O4S/c1-4-32-23-10-8-21(9-11-23)24-6-5-15-28(24)26(29)22-13-16-27(17-14-22)33(30,31)25-12-7-19(2)18-20(25)3/h7-12,18,22,24H,4-6,13-17H2,1-3H3. The Bertz CT molecular complexity index is 1090. The molecule has 2 fully saturated rings. The summed E-state index contributed by atoms with van der Waals surface area (Å²) in [6.07, 6.45) is 3.08. The maximum absolute atomic E-state index is 13.4. The van der Waals surface area contributed by atoms with Crippen molar-refractivity contribution in [2.24, 2.45) is 5.92 Å². The molecule has 0 aliphatic carbocycles. The average molecular weight is 471 g/mol. The molecule has 2 aliphatic heterocycles. The van der Waals surface area contributed by atoms with Crippen LogP contribution in [0.25, 0.3) is 0 Å². The summed E-state index contributed by atoms with van der Waals surface area (Å²) >= 11 is 0. The van der Waals surface area contributed by atoms with Crippen molar-refractivity contribution < 1.29 is 17.9 Å². The Morgan fingerprint density at radius 2 is 1.70 bits per heavy atom. The van der Waals surface area contributed by atoms with Crippen molar-refractivity contribution in [2.75, 3.05) is 26.2 Å². The van der Waals surface area contributed by atoms with Crippen LogP contribution in [0.1, 0.15) is 55.3 Å². The van der Waals surface area contributed by atoms with Crippen LogP contribution in [0.5, 0.6) is 5.75 Å². The first kappa shape index (κ1) is 23.8. The molecule has 1 unspecified atom stereocenters. The predicted molar refractivity (Wildman–Crippen MR) is 129 cm³/mol. The van der Waals surface area contributed by atoms with Gasteiger partial charge in [-0.1, -0.05) is 29.8 Å². The maximum atomic E-state index is 13.4. The molecule has 0 radical (unpaired) electrons. The van der Waals surface area contributed by atoms with Gasteiger partial charge in [-0.3, -0.25) is 4.79 Å². The van der Waals surface area contributed by atoms with Crippen LogP contribution in [0, 0.1) is 19.8 Å².